The summed E-state index contributed by atoms with van der Waals surface area (Å²) in [6.45, 7) is 5.68. The first-order valence-corrected chi connectivity index (χ1v) is 7.30. The maximum Gasteiger partial charge on any atom is 0.222 e. The van der Waals surface area contributed by atoms with Gasteiger partial charge in [0.2, 0.25) is 5.91 Å². The molecule has 0 N–H and O–H groups in total. The number of ether oxygens (including phenoxy) is 1. The lowest BCUT2D eigenvalue weighted by atomic mass is 9.85. The van der Waals surface area contributed by atoms with Crippen LogP contribution in [-0.2, 0) is 11.3 Å². The first-order valence-electron chi connectivity index (χ1n) is 7.30. The van der Waals surface area contributed by atoms with Crippen molar-refractivity contribution in [2.75, 3.05) is 13.7 Å². The SMILES string of the molecule is COc1ccc(C#N)cc1CN1CCC(C)(C)CCC1=O. The van der Waals surface area contributed by atoms with E-state index in [2.05, 4.69) is 19.9 Å². The normalized spacial score (nSPS) is 18.0. The summed E-state index contributed by atoms with van der Waals surface area (Å²) >= 11 is 0. The molecule has 4 heteroatoms. The standard InChI is InChI=1S/C17H22N2O2/c1-17(2)7-6-16(20)19(9-8-17)12-14-10-13(11-18)4-5-15(14)21-3/h4-5,10H,6-9,12H2,1-3H3. The first kappa shape index (κ1) is 15.4. The highest BCUT2D eigenvalue weighted by molar-refractivity contribution is 5.76. The maximum atomic E-state index is 12.3. The van der Waals surface area contributed by atoms with Gasteiger partial charge in [-0.05, 0) is 36.5 Å². The summed E-state index contributed by atoms with van der Waals surface area (Å²) in [4.78, 5) is 14.2. The van der Waals surface area contributed by atoms with Crippen molar-refractivity contribution in [3.8, 4) is 11.8 Å². The van der Waals surface area contributed by atoms with E-state index in [9.17, 15) is 4.79 Å². The molecule has 4 nitrogen and oxygen atoms in total. The van der Waals surface area contributed by atoms with Crippen LogP contribution in [0.2, 0.25) is 0 Å². The fourth-order valence-electron chi connectivity index (χ4n) is 2.64. The smallest absolute Gasteiger partial charge is 0.222 e. The molecular weight excluding hydrogens is 264 g/mol. The molecule has 1 heterocycles. The molecule has 0 radical (unpaired) electrons. The summed E-state index contributed by atoms with van der Waals surface area (Å²) in [5.41, 5.74) is 1.70. The summed E-state index contributed by atoms with van der Waals surface area (Å²) in [6, 6.07) is 7.46. The van der Waals surface area contributed by atoms with Gasteiger partial charge in [-0.25, -0.2) is 0 Å². The molecule has 1 aliphatic rings. The van der Waals surface area contributed by atoms with Crippen molar-refractivity contribution in [2.45, 2.75) is 39.7 Å². The minimum absolute atomic E-state index is 0.185. The maximum absolute atomic E-state index is 12.3. The minimum Gasteiger partial charge on any atom is -0.496 e. The zero-order chi connectivity index (χ0) is 15.5. The lowest BCUT2D eigenvalue weighted by molar-refractivity contribution is -0.131. The molecule has 1 aliphatic heterocycles. The zero-order valence-electron chi connectivity index (χ0n) is 13.0. The summed E-state index contributed by atoms with van der Waals surface area (Å²) in [6.07, 6.45) is 2.52. The van der Waals surface area contributed by atoms with Crippen molar-refractivity contribution in [1.82, 2.24) is 4.90 Å². The van der Waals surface area contributed by atoms with Gasteiger partial charge in [0.15, 0.2) is 0 Å². The van der Waals surface area contributed by atoms with Crippen molar-refractivity contribution in [3.63, 3.8) is 0 Å². The molecule has 0 aliphatic carbocycles. The molecule has 0 spiro atoms. The third kappa shape index (κ3) is 3.75. The highest BCUT2D eigenvalue weighted by Crippen LogP contribution is 2.31. The first-order chi connectivity index (χ1) is 9.95. The van der Waals surface area contributed by atoms with Crippen LogP contribution in [0.25, 0.3) is 0 Å². The predicted octanol–water partition coefficient (Wildman–Crippen LogP) is 3.11. The third-order valence-electron chi connectivity index (χ3n) is 4.20. The average Bonchev–Trinajstić information content (AvgIpc) is 2.60. The summed E-state index contributed by atoms with van der Waals surface area (Å²) in [5.74, 6) is 0.912. The number of hydrogen-bond donors (Lipinski definition) is 0. The van der Waals surface area contributed by atoms with Gasteiger partial charge in [0.25, 0.3) is 0 Å². The molecule has 2 rings (SSSR count). The third-order valence-corrected chi connectivity index (χ3v) is 4.20. The zero-order valence-corrected chi connectivity index (χ0v) is 13.0. The van der Waals surface area contributed by atoms with E-state index >= 15 is 0 Å². The van der Waals surface area contributed by atoms with E-state index in [1.54, 1.807) is 19.2 Å². The van der Waals surface area contributed by atoms with Gasteiger partial charge < -0.3 is 9.64 Å². The number of carbonyl (C=O) groups is 1. The lowest BCUT2D eigenvalue weighted by Gasteiger charge is -2.24. The van der Waals surface area contributed by atoms with Gasteiger partial charge in [-0.15, -0.1) is 0 Å². The molecule has 1 saturated heterocycles. The van der Waals surface area contributed by atoms with E-state index in [0.717, 1.165) is 30.7 Å². The van der Waals surface area contributed by atoms with Crippen molar-refractivity contribution in [3.05, 3.63) is 29.3 Å². The highest BCUT2D eigenvalue weighted by atomic mass is 16.5. The molecule has 1 aromatic rings. The van der Waals surface area contributed by atoms with Gasteiger partial charge in [0, 0.05) is 25.1 Å². The van der Waals surface area contributed by atoms with Crippen LogP contribution in [-0.4, -0.2) is 24.5 Å². The Bertz CT molecular complexity index is 573. The molecule has 1 aromatic carbocycles. The average molecular weight is 286 g/mol. The van der Waals surface area contributed by atoms with E-state index in [1.807, 2.05) is 11.0 Å². The second-order valence-electron chi connectivity index (χ2n) is 6.37. The molecular formula is C17H22N2O2. The second kappa shape index (κ2) is 6.17. The van der Waals surface area contributed by atoms with Gasteiger partial charge in [-0.2, -0.15) is 5.26 Å². The Morgan fingerprint density at radius 2 is 2.14 bits per heavy atom. The number of hydrogen-bond acceptors (Lipinski definition) is 3. The number of nitrogens with zero attached hydrogens (tertiary/aromatic N) is 2. The van der Waals surface area contributed by atoms with Crippen LogP contribution in [0.4, 0.5) is 0 Å². The van der Waals surface area contributed by atoms with Gasteiger partial charge >= 0.3 is 0 Å². The van der Waals surface area contributed by atoms with Crippen LogP contribution < -0.4 is 4.74 Å². The molecule has 112 valence electrons. The molecule has 0 atom stereocenters. The van der Waals surface area contributed by atoms with Gasteiger partial charge in [0.05, 0.1) is 18.7 Å². The van der Waals surface area contributed by atoms with Crippen LogP contribution in [0.1, 0.15) is 44.2 Å². The monoisotopic (exact) mass is 286 g/mol. The number of benzene rings is 1. The molecule has 0 unspecified atom stereocenters. The number of rotatable bonds is 3. The summed E-state index contributed by atoms with van der Waals surface area (Å²) in [7, 11) is 1.61. The van der Waals surface area contributed by atoms with Crippen molar-refractivity contribution >= 4 is 5.91 Å². The number of likely N-dealkylation sites (tertiary alicyclic amines) is 1. The second-order valence-corrected chi connectivity index (χ2v) is 6.37. The van der Waals surface area contributed by atoms with Crippen LogP contribution in [0.3, 0.4) is 0 Å². The highest BCUT2D eigenvalue weighted by Gasteiger charge is 2.27. The Kier molecular flexibility index (Phi) is 4.52. The largest absolute Gasteiger partial charge is 0.496 e. The minimum atomic E-state index is 0.185. The lowest BCUT2D eigenvalue weighted by Crippen LogP contribution is -2.30. The number of amides is 1. The van der Waals surface area contributed by atoms with Crippen LogP contribution in [0, 0.1) is 16.7 Å². The Morgan fingerprint density at radius 1 is 1.38 bits per heavy atom. The summed E-state index contributed by atoms with van der Waals surface area (Å²) in [5, 5.41) is 9.03. The van der Waals surface area contributed by atoms with E-state index < -0.39 is 0 Å². The predicted molar refractivity (Wildman–Crippen MR) is 80.8 cm³/mol. The Morgan fingerprint density at radius 3 is 2.81 bits per heavy atom. The van der Waals surface area contributed by atoms with Crippen molar-refractivity contribution in [1.29, 1.82) is 5.26 Å². The van der Waals surface area contributed by atoms with Crippen molar-refractivity contribution < 1.29 is 9.53 Å². The fourth-order valence-corrected chi connectivity index (χ4v) is 2.64. The Labute approximate surface area is 126 Å². The van der Waals surface area contributed by atoms with Crippen LogP contribution in [0.5, 0.6) is 5.75 Å². The molecule has 21 heavy (non-hydrogen) atoms. The molecule has 0 bridgehead atoms. The number of methoxy groups -OCH3 is 1. The van der Waals surface area contributed by atoms with Gasteiger partial charge in [0.1, 0.15) is 5.75 Å². The number of carbonyl (C=O) groups excluding carboxylic acids is 1. The summed E-state index contributed by atoms with van der Waals surface area (Å²) < 4.78 is 5.35. The quantitative estimate of drug-likeness (QED) is 0.858. The van der Waals surface area contributed by atoms with E-state index in [-0.39, 0.29) is 11.3 Å². The topological polar surface area (TPSA) is 53.3 Å². The molecule has 1 fully saturated rings. The van der Waals surface area contributed by atoms with Crippen LogP contribution in [0.15, 0.2) is 18.2 Å². The Balaban J connectivity index is 2.20. The molecule has 1 amide bonds. The Hall–Kier alpha value is -2.02. The number of nitriles is 1. The van der Waals surface area contributed by atoms with E-state index in [4.69, 9.17) is 10.00 Å². The fraction of sp³-hybridized carbons (Fsp3) is 0.529. The van der Waals surface area contributed by atoms with E-state index in [0.29, 0.717) is 18.5 Å². The van der Waals surface area contributed by atoms with E-state index in [1.165, 1.54) is 0 Å². The van der Waals surface area contributed by atoms with Crippen molar-refractivity contribution in [2.24, 2.45) is 5.41 Å². The van der Waals surface area contributed by atoms with Gasteiger partial charge in [-0.1, -0.05) is 13.8 Å². The molecule has 0 aromatic heterocycles. The molecule has 0 saturated carbocycles. The van der Waals surface area contributed by atoms with Crippen LogP contribution >= 0.6 is 0 Å². The van der Waals surface area contributed by atoms with Gasteiger partial charge in [-0.3, -0.25) is 4.79 Å².